The highest BCUT2D eigenvalue weighted by Gasteiger charge is 2.41. The van der Waals surface area contributed by atoms with E-state index in [0.717, 1.165) is 17.3 Å². The smallest absolute Gasteiger partial charge is 0.220 e. The maximum absolute atomic E-state index is 11.6. The molecule has 17 heavy (non-hydrogen) atoms. The minimum atomic E-state index is 0.0552. The van der Waals surface area contributed by atoms with Crippen molar-refractivity contribution in [2.75, 3.05) is 0 Å². The lowest BCUT2D eigenvalue weighted by molar-refractivity contribution is -0.119. The molecule has 1 saturated heterocycles. The molecule has 2 nitrogen and oxygen atoms in total. The van der Waals surface area contributed by atoms with E-state index >= 15 is 0 Å². The number of rotatable bonds is 3. The highest BCUT2D eigenvalue weighted by molar-refractivity contribution is 9.10. The van der Waals surface area contributed by atoms with Gasteiger partial charge in [0.1, 0.15) is 0 Å². The number of nitrogens with one attached hydrogen (secondary N) is 1. The van der Waals surface area contributed by atoms with Gasteiger partial charge in [-0.1, -0.05) is 41.9 Å². The van der Waals surface area contributed by atoms with Crippen LogP contribution < -0.4 is 5.32 Å². The summed E-state index contributed by atoms with van der Waals surface area (Å²) in [5.74, 6) is 0.191. The molecule has 0 aromatic heterocycles. The van der Waals surface area contributed by atoms with Crippen LogP contribution >= 0.6 is 15.9 Å². The van der Waals surface area contributed by atoms with Crippen LogP contribution in [0.25, 0.3) is 0 Å². The van der Waals surface area contributed by atoms with E-state index in [1.54, 1.807) is 0 Å². The van der Waals surface area contributed by atoms with E-state index in [9.17, 15) is 4.79 Å². The van der Waals surface area contributed by atoms with Crippen molar-refractivity contribution in [1.82, 2.24) is 5.32 Å². The van der Waals surface area contributed by atoms with Gasteiger partial charge in [0.05, 0.1) is 0 Å². The Kier molecular flexibility index (Phi) is 3.57. The monoisotopic (exact) mass is 295 g/mol. The zero-order valence-corrected chi connectivity index (χ0v) is 11.9. The molecule has 2 rings (SSSR count). The zero-order chi connectivity index (χ0) is 12.5. The molecule has 0 aliphatic carbocycles. The van der Waals surface area contributed by atoms with Gasteiger partial charge >= 0.3 is 0 Å². The summed E-state index contributed by atoms with van der Waals surface area (Å²) in [5, 5.41) is 3.08. The molecule has 1 heterocycles. The number of carbonyl (C=O) groups is 1. The first-order valence-electron chi connectivity index (χ1n) is 6.07. The molecule has 1 aromatic rings. The molecule has 2 unspecified atom stereocenters. The molecule has 0 radical (unpaired) electrons. The molecule has 1 aliphatic rings. The van der Waals surface area contributed by atoms with Crippen LogP contribution in [0.5, 0.6) is 0 Å². The van der Waals surface area contributed by atoms with Crippen molar-refractivity contribution in [2.45, 2.75) is 39.2 Å². The van der Waals surface area contributed by atoms with Crippen molar-refractivity contribution in [3.05, 3.63) is 34.3 Å². The number of halogens is 1. The average Bonchev–Trinajstić information content (AvgIpc) is 2.56. The Morgan fingerprint density at radius 1 is 1.41 bits per heavy atom. The maximum Gasteiger partial charge on any atom is 0.220 e. The lowest BCUT2D eigenvalue weighted by Gasteiger charge is -2.29. The largest absolute Gasteiger partial charge is 0.353 e. The molecule has 3 heteroatoms. The van der Waals surface area contributed by atoms with Gasteiger partial charge in [0.25, 0.3) is 0 Å². The van der Waals surface area contributed by atoms with E-state index in [1.807, 2.05) is 0 Å². The lowest BCUT2D eigenvalue weighted by Crippen LogP contribution is -2.36. The fourth-order valence-electron chi connectivity index (χ4n) is 2.76. The molecule has 0 saturated carbocycles. The molecule has 1 fully saturated rings. The Bertz CT molecular complexity index is 415. The third-order valence-electron chi connectivity index (χ3n) is 3.67. The molecule has 92 valence electrons. The zero-order valence-electron chi connectivity index (χ0n) is 10.3. The quantitative estimate of drug-likeness (QED) is 0.911. The molecule has 0 bridgehead atoms. The predicted molar refractivity (Wildman–Crippen MR) is 72.8 cm³/mol. The summed E-state index contributed by atoms with van der Waals surface area (Å²) in [6.45, 7) is 4.34. The summed E-state index contributed by atoms with van der Waals surface area (Å²) in [5.41, 5.74) is 1.35. The van der Waals surface area contributed by atoms with Crippen molar-refractivity contribution in [2.24, 2.45) is 5.41 Å². The van der Waals surface area contributed by atoms with E-state index in [2.05, 4.69) is 59.4 Å². The van der Waals surface area contributed by atoms with Gasteiger partial charge in [-0.05, 0) is 30.5 Å². The van der Waals surface area contributed by atoms with Gasteiger partial charge < -0.3 is 5.32 Å². The van der Waals surface area contributed by atoms with Crippen LogP contribution in [0.1, 0.15) is 32.3 Å². The van der Waals surface area contributed by atoms with Crippen molar-refractivity contribution in [3.8, 4) is 0 Å². The second kappa shape index (κ2) is 4.81. The normalized spacial score (nSPS) is 28.2. The Labute approximate surface area is 111 Å². The number of carbonyl (C=O) groups excluding carboxylic acids is 1. The fraction of sp³-hybridized carbons (Fsp3) is 0.500. The van der Waals surface area contributed by atoms with Crippen molar-refractivity contribution < 1.29 is 4.79 Å². The molecule has 2 atom stereocenters. The second-order valence-electron chi connectivity index (χ2n) is 5.16. The highest BCUT2D eigenvalue weighted by Crippen LogP contribution is 2.36. The highest BCUT2D eigenvalue weighted by atomic mass is 79.9. The number of hydrogen-bond acceptors (Lipinski definition) is 1. The molecule has 0 spiro atoms. The van der Waals surface area contributed by atoms with E-state index < -0.39 is 0 Å². The van der Waals surface area contributed by atoms with Crippen LogP contribution in [0, 0.1) is 5.41 Å². The van der Waals surface area contributed by atoms with E-state index in [1.165, 1.54) is 5.56 Å². The molecular weight excluding hydrogens is 278 g/mol. The van der Waals surface area contributed by atoms with Crippen LogP contribution in [0.15, 0.2) is 28.7 Å². The standard InChI is InChI=1S/C14H18BrNO/c1-3-12-14(2,9-13(17)16-12)8-10-4-6-11(15)7-5-10/h4-7,12H,3,8-9H2,1-2H3,(H,16,17). The topological polar surface area (TPSA) is 29.1 Å². The second-order valence-corrected chi connectivity index (χ2v) is 6.08. The SMILES string of the molecule is CCC1NC(=O)CC1(C)Cc1ccc(Br)cc1. The Morgan fingerprint density at radius 2 is 2.06 bits per heavy atom. The van der Waals surface area contributed by atoms with Crippen LogP contribution in [0.4, 0.5) is 0 Å². The van der Waals surface area contributed by atoms with Gasteiger partial charge in [-0.25, -0.2) is 0 Å². The molecule has 1 aliphatic heterocycles. The average molecular weight is 296 g/mol. The van der Waals surface area contributed by atoms with E-state index in [4.69, 9.17) is 0 Å². The lowest BCUT2D eigenvalue weighted by atomic mass is 9.76. The first-order valence-corrected chi connectivity index (χ1v) is 6.86. The van der Waals surface area contributed by atoms with Gasteiger partial charge in [-0.2, -0.15) is 0 Å². The third-order valence-corrected chi connectivity index (χ3v) is 4.20. The van der Waals surface area contributed by atoms with E-state index in [-0.39, 0.29) is 11.3 Å². The maximum atomic E-state index is 11.6. The van der Waals surface area contributed by atoms with Crippen LogP contribution in [-0.2, 0) is 11.2 Å². The van der Waals surface area contributed by atoms with Crippen LogP contribution in [0.3, 0.4) is 0 Å². The third kappa shape index (κ3) is 2.71. The Morgan fingerprint density at radius 3 is 2.65 bits per heavy atom. The van der Waals surface area contributed by atoms with Gasteiger partial charge in [0.15, 0.2) is 0 Å². The number of amides is 1. The summed E-state index contributed by atoms with van der Waals surface area (Å²) in [4.78, 5) is 11.6. The Balaban J connectivity index is 2.16. The van der Waals surface area contributed by atoms with Gasteiger partial charge in [0.2, 0.25) is 5.91 Å². The fourth-order valence-corrected chi connectivity index (χ4v) is 3.02. The van der Waals surface area contributed by atoms with Gasteiger partial charge in [-0.15, -0.1) is 0 Å². The van der Waals surface area contributed by atoms with E-state index in [0.29, 0.717) is 12.5 Å². The summed E-state index contributed by atoms with van der Waals surface area (Å²) >= 11 is 3.44. The van der Waals surface area contributed by atoms with Crippen molar-refractivity contribution in [3.63, 3.8) is 0 Å². The van der Waals surface area contributed by atoms with Gasteiger partial charge in [0, 0.05) is 22.4 Å². The summed E-state index contributed by atoms with van der Waals surface area (Å²) in [6.07, 6.45) is 2.60. The first kappa shape index (κ1) is 12.6. The predicted octanol–water partition coefficient (Wildman–Crippen LogP) is 3.30. The van der Waals surface area contributed by atoms with Gasteiger partial charge in [-0.3, -0.25) is 4.79 Å². The van der Waals surface area contributed by atoms with Crippen molar-refractivity contribution in [1.29, 1.82) is 0 Å². The summed E-state index contributed by atoms with van der Waals surface area (Å²) in [7, 11) is 0. The van der Waals surface area contributed by atoms with Crippen molar-refractivity contribution >= 4 is 21.8 Å². The molecular formula is C14H18BrNO. The summed E-state index contributed by atoms with van der Waals surface area (Å²) in [6, 6.07) is 8.68. The summed E-state index contributed by atoms with van der Waals surface area (Å²) < 4.78 is 1.10. The first-order chi connectivity index (χ1) is 8.03. The minimum Gasteiger partial charge on any atom is -0.353 e. The molecule has 1 N–H and O–H groups in total. The van der Waals surface area contributed by atoms with Crippen LogP contribution in [-0.4, -0.2) is 11.9 Å². The van der Waals surface area contributed by atoms with Crippen LogP contribution in [0.2, 0.25) is 0 Å². The number of benzene rings is 1. The molecule has 1 amide bonds. The number of hydrogen-bond donors (Lipinski definition) is 1. The molecule has 1 aromatic carbocycles. The Hall–Kier alpha value is -0.830. The minimum absolute atomic E-state index is 0.0552.